The van der Waals surface area contributed by atoms with Crippen LogP contribution in [0.1, 0.15) is 21.1 Å². The molecule has 0 atom stereocenters. The molecule has 1 amide bonds. The Labute approximate surface area is 169 Å². The predicted molar refractivity (Wildman–Crippen MR) is 107 cm³/mol. The molecule has 0 unspecified atom stereocenters. The van der Waals surface area contributed by atoms with Crippen LogP contribution >= 0.6 is 11.3 Å². The third-order valence-electron chi connectivity index (χ3n) is 3.97. The van der Waals surface area contributed by atoms with Crippen LogP contribution in [0.15, 0.2) is 60.8 Å². The van der Waals surface area contributed by atoms with E-state index < -0.39 is 5.91 Å². The van der Waals surface area contributed by atoms with Crippen molar-refractivity contribution in [2.45, 2.75) is 13.5 Å². The molecule has 0 bridgehead atoms. The molecular weight excluding hydrogens is 393 g/mol. The number of amides is 1. The molecule has 0 saturated carbocycles. The summed E-state index contributed by atoms with van der Waals surface area (Å²) in [5.74, 6) is -0.520. The third kappa shape index (κ3) is 4.46. The first kappa shape index (κ1) is 18.8. The summed E-state index contributed by atoms with van der Waals surface area (Å²) in [5.41, 5.74) is 1.65. The molecule has 0 spiro atoms. The second-order valence-electron chi connectivity index (χ2n) is 6.12. The van der Waals surface area contributed by atoms with Crippen molar-refractivity contribution in [1.82, 2.24) is 20.0 Å². The number of nitrogens with zero attached hydrogens (tertiary/aromatic N) is 4. The number of benzene rings is 2. The van der Waals surface area contributed by atoms with Crippen LogP contribution < -0.4 is 10.1 Å². The zero-order valence-electron chi connectivity index (χ0n) is 15.4. The van der Waals surface area contributed by atoms with Crippen LogP contribution in [0.3, 0.4) is 0 Å². The maximum atomic E-state index is 13.2. The van der Waals surface area contributed by atoms with Gasteiger partial charge in [0.2, 0.25) is 5.13 Å². The van der Waals surface area contributed by atoms with Crippen LogP contribution in [0.2, 0.25) is 0 Å². The van der Waals surface area contributed by atoms with Crippen molar-refractivity contribution in [2.75, 3.05) is 5.32 Å². The minimum absolute atomic E-state index is 0.0955. The zero-order chi connectivity index (χ0) is 20.2. The first-order chi connectivity index (χ1) is 14.1. The number of aromatic nitrogens is 4. The van der Waals surface area contributed by atoms with Gasteiger partial charge in [0.15, 0.2) is 11.4 Å². The second-order valence-corrected chi connectivity index (χ2v) is 7.30. The highest BCUT2D eigenvalue weighted by molar-refractivity contribution is 7.15. The van der Waals surface area contributed by atoms with E-state index in [1.54, 1.807) is 25.3 Å². The van der Waals surface area contributed by atoms with Gasteiger partial charge in [-0.15, -0.1) is 10.2 Å². The predicted octanol–water partition coefficient (Wildman–Crippen LogP) is 4.00. The highest BCUT2D eigenvalue weighted by atomic mass is 32.1. The number of ether oxygens (including phenoxy) is 1. The van der Waals surface area contributed by atoms with Gasteiger partial charge in [0.1, 0.15) is 17.4 Å². The third-order valence-corrected chi connectivity index (χ3v) is 4.72. The number of hydrogen-bond acceptors (Lipinski definition) is 6. The van der Waals surface area contributed by atoms with Crippen LogP contribution in [0.4, 0.5) is 9.52 Å². The fourth-order valence-corrected chi connectivity index (χ4v) is 3.17. The Morgan fingerprint density at radius 1 is 1.14 bits per heavy atom. The summed E-state index contributed by atoms with van der Waals surface area (Å²) in [4.78, 5) is 12.8. The summed E-state index contributed by atoms with van der Waals surface area (Å²) in [5, 5.41) is 15.9. The zero-order valence-corrected chi connectivity index (χ0v) is 16.2. The molecule has 29 heavy (non-hydrogen) atoms. The van der Waals surface area contributed by atoms with Gasteiger partial charge >= 0.3 is 0 Å². The Morgan fingerprint density at radius 3 is 2.59 bits per heavy atom. The van der Waals surface area contributed by atoms with Crippen molar-refractivity contribution in [3.05, 3.63) is 82.9 Å². The van der Waals surface area contributed by atoms with E-state index in [0.717, 1.165) is 10.6 Å². The Kier molecular flexibility index (Phi) is 5.30. The highest BCUT2D eigenvalue weighted by Gasteiger charge is 2.20. The molecule has 9 heteroatoms. The lowest BCUT2D eigenvalue weighted by atomic mass is 10.2. The number of halogens is 1. The Hall–Kier alpha value is -3.59. The average molecular weight is 409 g/mol. The molecule has 4 aromatic rings. The number of carbonyl (C=O) groups is 1. The summed E-state index contributed by atoms with van der Waals surface area (Å²) >= 11 is 1.26. The van der Waals surface area contributed by atoms with Crippen LogP contribution in [0, 0.1) is 12.7 Å². The molecule has 1 N–H and O–H groups in total. The molecule has 0 saturated heterocycles. The number of hydrogen-bond donors (Lipinski definition) is 1. The highest BCUT2D eigenvalue weighted by Crippen LogP contribution is 2.23. The first-order valence-electron chi connectivity index (χ1n) is 8.72. The summed E-state index contributed by atoms with van der Waals surface area (Å²) < 4.78 is 20.6. The van der Waals surface area contributed by atoms with Crippen molar-refractivity contribution in [1.29, 1.82) is 0 Å². The average Bonchev–Trinajstić information content (AvgIpc) is 3.34. The van der Waals surface area contributed by atoms with E-state index in [-0.39, 0.29) is 18.1 Å². The van der Waals surface area contributed by atoms with E-state index in [4.69, 9.17) is 4.74 Å². The number of rotatable bonds is 6. The fourth-order valence-electron chi connectivity index (χ4n) is 2.59. The molecular formula is C20H16FN5O2S. The minimum atomic E-state index is -0.468. The number of carbonyl (C=O) groups excluding carboxylic acids is 1. The molecule has 0 fully saturated rings. The van der Waals surface area contributed by atoms with Gasteiger partial charge in [-0.05, 0) is 36.8 Å². The minimum Gasteiger partial charge on any atom is -0.485 e. The number of aryl methyl sites for hydroxylation is 1. The maximum absolute atomic E-state index is 13.2. The molecule has 0 aliphatic carbocycles. The topological polar surface area (TPSA) is 81.9 Å². The molecule has 7 nitrogen and oxygen atoms in total. The molecule has 4 rings (SSSR count). The van der Waals surface area contributed by atoms with Gasteiger partial charge < -0.3 is 4.74 Å². The summed E-state index contributed by atoms with van der Waals surface area (Å²) in [7, 11) is 0. The van der Waals surface area contributed by atoms with Gasteiger partial charge in [0.05, 0.1) is 11.9 Å². The summed E-state index contributed by atoms with van der Waals surface area (Å²) in [6.45, 7) is 2.07. The van der Waals surface area contributed by atoms with E-state index in [9.17, 15) is 9.18 Å². The van der Waals surface area contributed by atoms with Crippen molar-refractivity contribution in [3.8, 4) is 11.4 Å². The van der Waals surface area contributed by atoms with Crippen molar-refractivity contribution in [3.63, 3.8) is 0 Å². The van der Waals surface area contributed by atoms with Crippen LogP contribution in [0.25, 0.3) is 5.69 Å². The number of nitrogens with one attached hydrogen (secondary N) is 1. The lowest BCUT2D eigenvalue weighted by molar-refractivity contribution is 0.101. The van der Waals surface area contributed by atoms with Crippen LogP contribution in [-0.2, 0) is 6.61 Å². The Bertz CT molecular complexity index is 1130. The summed E-state index contributed by atoms with van der Waals surface area (Å²) in [6, 6.07) is 15.4. The maximum Gasteiger partial charge on any atom is 0.281 e. The van der Waals surface area contributed by atoms with Crippen LogP contribution in [0.5, 0.6) is 5.75 Å². The fraction of sp³-hybridized carbons (Fsp3) is 0.100. The molecule has 2 heterocycles. The largest absolute Gasteiger partial charge is 0.485 e. The van der Waals surface area contributed by atoms with Crippen molar-refractivity contribution >= 4 is 22.4 Å². The van der Waals surface area contributed by atoms with Gasteiger partial charge in [-0.3, -0.25) is 10.1 Å². The standard InChI is InChI=1S/C20H16FN5O2S/c1-13-23-24-20(29-13)22-19(27)18-17(28-12-14-5-3-2-4-6-14)11-26(25-18)16-9-7-15(21)8-10-16/h2-11H,12H2,1H3,(H,22,24,27). The van der Waals surface area contributed by atoms with E-state index in [0.29, 0.717) is 16.6 Å². The van der Waals surface area contributed by atoms with Gasteiger partial charge in [-0.1, -0.05) is 41.7 Å². The second kappa shape index (κ2) is 8.19. The van der Waals surface area contributed by atoms with Gasteiger partial charge in [0, 0.05) is 0 Å². The SMILES string of the molecule is Cc1nnc(NC(=O)c2nn(-c3ccc(F)cc3)cc2OCc2ccccc2)s1. The molecule has 2 aromatic carbocycles. The summed E-state index contributed by atoms with van der Waals surface area (Å²) in [6.07, 6.45) is 1.59. The van der Waals surface area contributed by atoms with Gasteiger partial charge in [-0.25, -0.2) is 9.07 Å². The lowest BCUT2D eigenvalue weighted by Crippen LogP contribution is -2.14. The number of anilines is 1. The molecule has 146 valence electrons. The van der Waals surface area contributed by atoms with Crippen LogP contribution in [-0.4, -0.2) is 25.9 Å². The quantitative estimate of drug-likeness (QED) is 0.520. The Balaban J connectivity index is 1.62. The monoisotopic (exact) mass is 409 g/mol. The van der Waals surface area contributed by atoms with E-state index in [1.165, 1.54) is 28.2 Å². The molecule has 0 radical (unpaired) electrons. The van der Waals surface area contributed by atoms with Crippen molar-refractivity contribution < 1.29 is 13.9 Å². The smallest absolute Gasteiger partial charge is 0.281 e. The van der Waals surface area contributed by atoms with E-state index >= 15 is 0 Å². The normalized spacial score (nSPS) is 10.7. The van der Waals surface area contributed by atoms with E-state index in [1.807, 2.05) is 30.3 Å². The molecule has 0 aliphatic heterocycles. The van der Waals surface area contributed by atoms with Crippen molar-refractivity contribution in [2.24, 2.45) is 0 Å². The van der Waals surface area contributed by atoms with Gasteiger partial charge in [0.25, 0.3) is 5.91 Å². The molecule has 0 aliphatic rings. The molecule has 2 aromatic heterocycles. The first-order valence-corrected chi connectivity index (χ1v) is 9.54. The lowest BCUT2D eigenvalue weighted by Gasteiger charge is -2.05. The Morgan fingerprint density at radius 2 is 1.90 bits per heavy atom. The van der Waals surface area contributed by atoms with Gasteiger partial charge in [-0.2, -0.15) is 5.10 Å². The van der Waals surface area contributed by atoms with E-state index in [2.05, 4.69) is 20.6 Å².